The summed E-state index contributed by atoms with van der Waals surface area (Å²) in [6, 6.07) is 11.1. The molecule has 3 rings (SSSR count). The number of halogens is 2. The van der Waals surface area contributed by atoms with Crippen LogP contribution in [0.5, 0.6) is 0 Å². The number of hydrogen-bond donors (Lipinski definition) is 4. The normalized spacial score (nSPS) is 13.1. The third-order valence-corrected chi connectivity index (χ3v) is 5.99. The van der Waals surface area contributed by atoms with Gasteiger partial charge in [-0.15, -0.1) is 0 Å². The number of nitrogens with zero attached hydrogens (tertiary/aromatic N) is 1. The fraction of sp³-hybridized carbons (Fsp3) is 0.333. The van der Waals surface area contributed by atoms with E-state index in [4.69, 9.17) is 10.8 Å². The molecule has 0 aliphatic carbocycles. The zero-order valence-electron chi connectivity index (χ0n) is 20.1. The fourth-order valence-corrected chi connectivity index (χ4v) is 4.54. The van der Waals surface area contributed by atoms with Gasteiger partial charge in [-0.3, -0.25) is 9.59 Å². The SMILES string of the molecule is CC(C)n1c(CC[C@@H](O)C[C@@H](O)CC(=O)O)c(-c2ccc(F)cc2)c(-c2ccc(F)cc2)c1C(N)=O. The number of aliphatic hydroxyl groups excluding tert-OH is 2. The summed E-state index contributed by atoms with van der Waals surface area (Å²) in [6.07, 6.45) is -2.44. The molecule has 0 unspecified atom stereocenters. The molecule has 36 heavy (non-hydrogen) atoms. The second-order valence-electron chi connectivity index (χ2n) is 9.07. The van der Waals surface area contributed by atoms with Gasteiger partial charge in [-0.2, -0.15) is 0 Å². The van der Waals surface area contributed by atoms with Crippen molar-refractivity contribution in [3.8, 4) is 22.3 Å². The van der Waals surface area contributed by atoms with Gasteiger partial charge < -0.3 is 25.6 Å². The highest BCUT2D eigenvalue weighted by Gasteiger charge is 2.29. The zero-order chi connectivity index (χ0) is 26.6. The zero-order valence-corrected chi connectivity index (χ0v) is 20.1. The Kier molecular flexibility index (Phi) is 8.60. The van der Waals surface area contributed by atoms with Crippen molar-refractivity contribution in [2.75, 3.05) is 0 Å². The number of nitrogens with two attached hydrogens (primary N) is 1. The summed E-state index contributed by atoms with van der Waals surface area (Å²) in [5, 5.41) is 29.3. The van der Waals surface area contributed by atoms with E-state index in [1.807, 2.05) is 13.8 Å². The van der Waals surface area contributed by atoms with Crippen LogP contribution in [0.3, 0.4) is 0 Å². The fourth-order valence-electron chi connectivity index (χ4n) is 4.54. The Bertz CT molecular complexity index is 1220. The molecule has 5 N–H and O–H groups in total. The minimum atomic E-state index is -1.21. The number of aliphatic hydroxyl groups is 2. The van der Waals surface area contributed by atoms with Gasteiger partial charge >= 0.3 is 5.97 Å². The van der Waals surface area contributed by atoms with Crippen molar-refractivity contribution >= 4 is 11.9 Å². The average molecular weight is 501 g/mol. The van der Waals surface area contributed by atoms with Gasteiger partial charge in [0.1, 0.15) is 17.3 Å². The highest BCUT2D eigenvalue weighted by Crippen LogP contribution is 2.42. The van der Waals surface area contributed by atoms with Crippen LogP contribution >= 0.6 is 0 Å². The third-order valence-electron chi connectivity index (χ3n) is 5.99. The van der Waals surface area contributed by atoms with Gasteiger partial charge in [0.25, 0.3) is 5.91 Å². The first-order valence-corrected chi connectivity index (χ1v) is 11.7. The number of benzene rings is 2. The maximum atomic E-state index is 13.8. The minimum Gasteiger partial charge on any atom is -0.481 e. The van der Waals surface area contributed by atoms with Crippen molar-refractivity contribution in [2.45, 2.75) is 57.8 Å². The van der Waals surface area contributed by atoms with Crippen molar-refractivity contribution in [3.63, 3.8) is 0 Å². The van der Waals surface area contributed by atoms with Crippen LogP contribution in [-0.2, 0) is 11.2 Å². The molecule has 2 aromatic carbocycles. The highest BCUT2D eigenvalue weighted by atomic mass is 19.1. The Hall–Kier alpha value is -3.56. The molecule has 2 atom stereocenters. The molecular formula is C27H30F2N2O5. The molecule has 0 saturated carbocycles. The van der Waals surface area contributed by atoms with E-state index in [0.29, 0.717) is 27.9 Å². The van der Waals surface area contributed by atoms with E-state index >= 15 is 0 Å². The van der Waals surface area contributed by atoms with E-state index in [2.05, 4.69) is 0 Å². The van der Waals surface area contributed by atoms with Gasteiger partial charge in [-0.05, 0) is 68.5 Å². The Morgan fingerprint density at radius 3 is 1.83 bits per heavy atom. The maximum Gasteiger partial charge on any atom is 0.305 e. The molecule has 0 fully saturated rings. The number of carbonyl (C=O) groups is 2. The van der Waals surface area contributed by atoms with Crippen LogP contribution in [0.4, 0.5) is 8.78 Å². The Morgan fingerprint density at radius 2 is 1.39 bits per heavy atom. The van der Waals surface area contributed by atoms with Gasteiger partial charge in [-0.1, -0.05) is 24.3 Å². The second-order valence-corrected chi connectivity index (χ2v) is 9.07. The molecule has 0 bridgehead atoms. The summed E-state index contributed by atoms with van der Waals surface area (Å²) in [7, 11) is 0. The van der Waals surface area contributed by atoms with E-state index in [9.17, 15) is 28.6 Å². The molecule has 0 aliphatic heterocycles. The first-order valence-electron chi connectivity index (χ1n) is 11.7. The van der Waals surface area contributed by atoms with E-state index in [-0.39, 0.29) is 31.0 Å². The molecule has 0 radical (unpaired) electrons. The van der Waals surface area contributed by atoms with Crippen molar-refractivity contribution < 1.29 is 33.7 Å². The average Bonchev–Trinajstić information content (AvgIpc) is 3.14. The summed E-state index contributed by atoms with van der Waals surface area (Å²) >= 11 is 0. The molecule has 0 spiro atoms. The lowest BCUT2D eigenvalue weighted by molar-refractivity contribution is -0.139. The summed E-state index contributed by atoms with van der Waals surface area (Å²) in [5.41, 5.74) is 8.91. The summed E-state index contributed by atoms with van der Waals surface area (Å²) in [4.78, 5) is 23.6. The largest absolute Gasteiger partial charge is 0.481 e. The first kappa shape index (κ1) is 27.0. The molecule has 192 valence electrons. The molecular weight excluding hydrogens is 470 g/mol. The lowest BCUT2D eigenvalue weighted by Crippen LogP contribution is -2.22. The highest BCUT2D eigenvalue weighted by molar-refractivity contribution is 6.04. The van der Waals surface area contributed by atoms with Crippen LogP contribution in [0.2, 0.25) is 0 Å². The molecule has 1 amide bonds. The van der Waals surface area contributed by atoms with Gasteiger partial charge in [0, 0.05) is 22.9 Å². The van der Waals surface area contributed by atoms with E-state index in [0.717, 1.165) is 0 Å². The number of primary amides is 1. The molecule has 1 heterocycles. The standard InChI is InChI=1S/C27H30F2N2O5/c1-15(2)31-22(12-11-20(32)13-21(33)14-23(34)35)24(16-3-7-18(28)8-4-16)25(26(31)27(30)36)17-5-9-19(29)10-6-17/h3-10,15,20-21,32-33H,11-14H2,1-2H3,(H2,30,36)(H,34,35)/t20-,21-/m1/s1. The first-order chi connectivity index (χ1) is 17.0. The van der Waals surface area contributed by atoms with Crippen molar-refractivity contribution in [2.24, 2.45) is 5.73 Å². The van der Waals surface area contributed by atoms with Crippen LogP contribution in [0, 0.1) is 11.6 Å². The van der Waals surface area contributed by atoms with Gasteiger partial charge in [0.2, 0.25) is 0 Å². The monoisotopic (exact) mass is 500 g/mol. The molecule has 0 aliphatic rings. The van der Waals surface area contributed by atoms with Crippen molar-refractivity contribution in [3.05, 3.63) is 71.6 Å². The lowest BCUT2D eigenvalue weighted by Gasteiger charge is -2.19. The van der Waals surface area contributed by atoms with E-state index in [1.165, 1.54) is 36.4 Å². The topological polar surface area (TPSA) is 126 Å². The van der Waals surface area contributed by atoms with Crippen molar-refractivity contribution in [1.29, 1.82) is 0 Å². The molecule has 9 heteroatoms. The van der Waals surface area contributed by atoms with Crippen molar-refractivity contribution in [1.82, 2.24) is 4.57 Å². The maximum absolute atomic E-state index is 13.8. The van der Waals surface area contributed by atoms with Gasteiger partial charge in [0.15, 0.2) is 0 Å². The van der Waals surface area contributed by atoms with Gasteiger partial charge in [-0.25, -0.2) is 8.78 Å². The summed E-state index contributed by atoms with van der Waals surface area (Å²) in [6.45, 7) is 3.73. The predicted octanol–water partition coefficient (Wildman–Crippen LogP) is 4.30. The number of carboxylic acid groups (broad SMARTS) is 1. The van der Waals surface area contributed by atoms with E-state index in [1.54, 1.807) is 16.7 Å². The predicted molar refractivity (Wildman–Crippen MR) is 131 cm³/mol. The Balaban J connectivity index is 2.18. The summed E-state index contributed by atoms with van der Waals surface area (Å²) < 4.78 is 29.2. The third kappa shape index (κ3) is 6.16. The quantitative estimate of drug-likeness (QED) is 0.312. The van der Waals surface area contributed by atoms with E-state index < -0.39 is 42.1 Å². The number of carboxylic acids is 1. The number of carbonyl (C=O) groups excluding carboxylic acids is 1. The van der Waals surface area contributed by atoms with Crippen LogP contribution in [0.15, 0.2) is 48.5 Å². The number of hydrogen-bond acceptors (Lipinski definition) is 4. The molecule has 1 aromatic heterocycles. The summed E-state index contributed by atoms with van der Waals surface area (Å²) in [5.74, 6) is -2.76. The molecule has 3 aromatic rings. The smallest absolute Gasteiger partial charge is 0.305 e. The number of amides is 1. The van der Waals surface area contributed by atoms with Gasteiger partial charge in [0.05, 0.1) is 18.6 Å². The number of rotatable bonds is 11. The van der Waals surface area contributed by atoms with Crippen LogP contribution in [-0.4, -0.2) is 44.0 Å². The molecule has 0 saturated heterocycles. The Labute approximate surface area is 207 Å². The molecule has 7 nitrogen and oxygen atoms in total. The second kappa shape index (κ2) is 11.5. The number of aromatic nitrogens is 1. The minimum absolute atomic E-state index is 0.131. The Morgan fingerprint density at radius 1 is 0.889 bits per heavy atom. The number of aliphatic carboxylic acids is 1. The lowest BCUT2D eigenvalue weighted by atomic mass is 9.92. The van der Waals surface area contributed by atoms with Crippen LogP contribution in [0.1, 0.15) is 55.3 Å². The van der Waals surface area contributed by atoms with Crippen LogP contribution in [0.25, 0.3) is 22.3 Å². The van der Waals surface area contributed by atoms with Crippen LogP contribution < -0.4 is 5.73 Å².